The van der Waals surface area contributed by atoms with Crippen LogP contribution in [0.15, 0.2) is 48.8 Å². The standard InChI is InChI=1S/C14H8ClN5/c15-14-16-7-10-8-17-20(13(10)19-14)12-6-5-9-3-1-2-4-11(9)18-12/h1-8H. The van der Waals surface area contributed by atoms with E-state index in [1.54, 1.807) is 17.1 Å². The first-order valence-corrected chi connectivity index (χ1v) is 6.41. The van der Waals surface area contributed by atoms with Crippen molar-refractivity contribution in [3.63, 3.8) is 0 Å². The van der Waals surface area contributed by atoms with Gasteiger partial charge >= 0.3 is 0 Å². The lowest BCUT2D eigenvalue weighted by molar-refractivity contribution is 0.867. The smallest absolute Gasteiger partial charge is 0.224 e. The Balaban J connectivity index is 1.98. The fourth-order valence-corrected chi connectivity index (χ4v) is 2.27. The molecule has 6 heteroatoms. The Morgan fingerprint density at radius 2 is 1.80 bits per heavy atom. The predicted octanol–water partition coefficient (Wildman–Crippen LogP) is 3.02. The Hall–Kier alpha value is -2.53. The first-order valence-electron chi connectivity index (χ1n) is 6.04. The van der Waals surface area contributed by atoms with Crippen LogP contribution in [0.25, 0.3) is 27.8 Å². The van der Waals surface area contributed by atoms with Gasteiger partial charge in [-0.1, -0.05) is 18.2 Å². The summed E-state index contributed by atoms with van der Waals surface area (Å²) >= 11 is 5.85. The molecule has 20 heavy (non-hydrogen) atoms. The van der Waals surface area contributed by atoms with E-state index >= 15 is 0 Å². The number of nitrogens with zero attached hydrogens (tertiary/aromatic N) is 5. The predicted molar refractivity (Wildman–Crippen MR) is 77.0 cm³/mol. The van der Waals surface area contributed by atoms with Crippen LogP contribution in [0.1, 0.15) is 0 Å². The Bertz CT molecular complexity index is 931. The molecule has 0 aliphatic carbocycles. The van der Waals surface area contributed by atoms with E-state index in [1.807, 2.05) is 36.4 Å². The lowest BCUT2D eigenvalue weighted by Crippen LogP contribution is -2.00. The lowest BCUT2D eigenvalue weighted by Gasteiger charge is -2.03. The number of benzene rings is 1. The van der Waals surface area contributed by atoms with E-state index in [0.717, 1.165) is 16.3 Å². The monoisotopic (exact) mass is 281 g/mol. The van der Waals surface area contributed by atoms with Gasteiger partial charge in [-0.05, 0) is 29.8 Å². The third-order valence-electron chi connectivity index (χ3n) is 3.08. The van der Waals surface area contributed by atoms with Gasteiger partial charge in [-0.15, -0.1) is 0 Å². The number of halogens is 1. The van der Waals surface area contributed by atoms with Crippen molar-refractivity contribution in [3.8, 4) is 5.82 Å². The number of pyridine rings is 1. The second-order valence-electron chi connectivity index (χ2n) is 4.34. The Morgan fingerprint density at radius 1 is 0.900 bits per heavy atom. The van der Waals surface area contributed by atoms with Crippen LogP contribution in [0, 0.1) is 0 Å². The lowest BCUT2D eigenvalue weighted by atomic mass is 10.2. The summed E-state index contributed by atoms with van der Waals surface area (Å²) < 4.78 is 1.66. The molecule has 4 aromatic rings. The highest BCUT2D eigenvalue weighted by Crippen LogP contribution is 2.18. The molecular formula is C14H8ClN5. The first kappa shape index (κ1) is 11.3. The molecule has 0 radical (unpaired) electrons. The van der Waals surface area contributed by atoms with E-state index in [-0.39, 0.29) is 5.28 Å². The van der Waals surface area contributed by atoms with Gasteiger partial charge < -0.3 is 0 Å². The summed E-state index contributed by atoms with van der Waals surface area (Å²) in [6.45, 7) is 0. The minimum atomic E-state index is 0.194. The molecule has 0 bridgehead atoms. The summed E-state index contributed by atoms with van der Waals surface area (Å²) in [5.74, 6) is 0.702. The van der Waals surface area contributed by atoms with Crippen molar-refractivity contribution in [3.05, 3.63) is 54.1 Å². The number of fused-ring (bicyclic) bond motifs is 2. The highest BCUT2D eigenvalue weighted by molar-refractivity contribution is 6.28. The van der Waals surface area contributed by atoms with Crippen molar-refractivity contribution in [2.45, 2.75) is 0 Å². The van der Waals surface area contributed by atoms with Gasteiger partial charge in [0.1, 0.15) is 0 Å². The second-order valence-corrected chi connectivity index (χ2v) is 4.67. The molecule has 1 aromatic carbocycles. The summed E-state index contributed by atoms with van der Waals surface area (Å²) in [4.78, 5) is 12.7. The molecule has 3 aromatic heterocycles. The molecule has 0 atom stereocenters. The van der Waals surface area contributed by atoms with Gasteiger partial charge in [0.2, 0.25) is 5.28 Å². The van der Waals surface area contributed by atoms with Crippen LogP contribution in [0.2, 0.25) is 5.28 Å². The summed E-state index contributed by atoms with van der Waals surface area (Å²) in [6, 6.07) is 11.8. The molecule has 0 N–H and O–H groups in total. The normalized spacial score (nSPS) is 11.2. The van der Waals surface area contributed by atoms with Gasteiger partial charge in [-0.2, -0.15) is 14.8 Å². The summed E-state index contributed by atoms with van der Waals surface area (Å²) in [5.41, 5.74) is 1.56. The summed E-state index contributed by atoms with van der Waals surface area (Å²) in [5, 5.41) is 6.41. The molecule has 0 amide bonds. The molecular weight excluding hydrogens is 274 g/mol. The van der Waals surface area contributed by atoms with Crippen LogP contribution in [0.4, 0.5) is 0 Å². The Labute approximate surface area is 118 Å². The van der Waals surface area contributed by atoms with Gasteiger partial charge in [0.15, 0.2) is 11.5 Å². The van der Waals surface area contributed by atoms with Crippen molar-refractivity contribution in [2.75, 3.05) is 0 Å². The largest absolute Gasteiger partial charge is 0.229 e. The Morgan fingerprint density at radius 3 is 2.75 bits per heavy atom. The fraction of sp³-hybridized carbons (Fsp3) is 0. The van der Waals surface area contributed by atoms with Crippen molar-refractivity contribution in [1.82, 2.24) is 24.7 Å². The third kappa shape index (κ3) is 1.71. The van der Waals surface area contributed by atoms with Crippen LogP contribution < -0.4 is 0 Å². The van der Waals surface area contributed by atoms with Crippen molar-refractivity contribution in [1.29, 1.82) is 0 Å². The van der Waals surface area contributed by atoms with E-state index in [9.17, 15) is 0 Å². The van der Waals surface area contributed by atoms with Crippen molar-refractivity contribution < 1.29 is 0 Å². The molecule has 5 nitrogen and oxygen atoms in total. The maximum Gasteiger partial charge on any atom is 0.224 e. The molecule has 0 aliphatic rings. The molecule has 96 valence electrons. The first-order chi connectivity index (χ1) is 9.81. The third-order valence-corrected chi connectivity index (χ3v) is 3.26. The minimum Gasteiger partial charge on any atom is -0.229 e. The summed E-state index contributed by atoms with van der Waals surface area (Å²) in [7, 11) is 0. The summed E-state index contributed by atoms with van der Waals surface area (Å²) in [6.07, 6.45) is 3.34. The number of hydrogen-bond donors (Lipinski definition) is 0. The molecule has 3 heterocycles. The number of para-hydroxylation sites is 1. The van der Waals surface area contributed by atoms with E-state index in [1.165, 1.54) is 0 Å². The molecule has 0 saturated carbocycles. The van der Waals surface area contributed by atoms with E-state index in [0.29, 0.717) is 11.5 Å². The zero-order valence-corrected chi connectivity index (χ0v) is 11.0. The van der Waals surface area contributed by atoms with Crippen LogP contribution in [-0.4, -0.2) is 24.7 Å². The number of rotatable bonds is 1. The highest BCUT2D eigenvalue weighted by Gasteiger charge is 2.09. The fourth-order valence-electron chi connectivity index (χ4n) is 2.14. The zero-order chi connectivity index (χ0) is 13.5. The van der Waals surface area contributed by atoms with Gasteiger partial charge in [0, 0.05) is 11.6 Å². The maximum atomic E-state index is 5.85. The van der Waals surface area contributed by atoms with Crippen LogP contribution in [0.5, 0.6) is 0 Å². The maximum absolute atomic E-state index is 5.85. The van der Waals surface area contributed by atoms with E-state index < -0.39 is 0 Å². The number of aromatic nitrogens is 5. The van der Waals surface area contributed by atoms with Crippen LogP contribution in [-0.2, 0) is 0 Å². The Kier molecular flexibility index (Phi) is 2.40. The van der Waals surface area contributed by atoms with Gasteiger partial charge in [0.25, 0.3) is 0 Å². The molecule has 0 saturated heterocycles. The molecule has 0 fully saturated rings. The van der Waals surface area contributed by atoms with Gasteiger partial charge in [-0.25, -0.2) is 9.97 Å². The molecule has 0 spiro atoms. The van der Waals surface area contributed by atoms with Crippen molar-refractivity contribution >= 4 is 33.5 Å². The van der Waals surface area contributed by atoms with Crippen LogP contribution in [0.3, 0.4) is 0 Å². The van der Waals surface area contributed by atoms with E-state index in [2.05, 4.69) is 20.1 Å². The number of hydrogen-bond acceptors (Lipinski definition) is 4. The minimum absolute atomic E-state index is 0.194. The average Bonchev–Trinajstić information content (AvgIpc) is 2.89. The quantitative estimate of drug-likeness (QED) is 0.503. The van der Waals surface area contributed by atoms with Crippen LogP contribution >= 0.6 is 11.6 Å². The van der Waals surface area contributed by atoms with Crippen molar-refractivity contribution in [2.24, 2.45) is 0 Å². The average molecular weight is 282 g/mol. The second kappa shape index (κ2) is 4.25. The van der Waals surface area contributed by atoms with Gasteiger partial charge in [0.05, 0.1) is 17.1 Å². The van der Waals surface area contributed by atoms with E-state index in [4.69, 9.17) is 11.6 Å². The SMILES string of the molecule is Clc1ncc2cnn(-c3ccc4ccccc4n3)c2n1. The topological polar surface area (TPSA) is 56.5 Å². The zero-order valence-electron chi connectivity index (χ0n) is 10.2. The highest BCUT2D eigenvalue weighted by atomic mass is 35.5. The van der Waals surface area contributed by atoms with Gasteiger partial charge in [-0.3, -0.25) is 0 Å². The molecule has 4 rings (SSSR count). The molecule has 0 unspecified atom stereocenters. The molecule has 0 aliphatic heterocycles.